The van der Waals surface area contributed by atoms with E-state index in [0.29, 0.717) is 10.9 Å². The van der Waals surface area contributed by atoms with E-state index in [9.17, 15) is 0 Å². The standard InChI is InChI=1S/C14H21ClO/c1-4-5-6-7-11(2)12-8-9-14(16-3)13(15)10-12/h8-11H,4-7H2,1-3H3. The van der Waals surface area contributed by atoms with Gasteiger partial charge in [-0.15, -0.1) is 0 Å². The van der Waals surface area contributed by atoms with Gasteiger partial charge >= 0.3 is 0 Å². The van der Waals surface area contributed by atoms with Crippen LogP contribution in [0, 0.1) is 0 Å². The van der Waals surface area contributed by atoms with E-state index in [1.807, 2.05) is 12.1 Å². The lowest BCUT2D eigenvalue weighted by Gasteiger charge is -2.13. The molecule has 0 aliphatic rings. The topological polar surface area (TPSA) is 9.23 Å². The van der Waals surface area contributed by atoms with E-state index in [-0.39, 0.29) is 0 Å². The molecule has 1 atom stereocenters. The van der Waals surface area contributed by atoms with E-state index >= 15 is 0 Å². The number of hydrogen-bond acceptors (Lipinski definition) is 1. The van der Waals surface area contributed by atoms with Crippen LogP contribution in [-0.2, 0) is 0 Å². The van der Waals surface area contributed by atoms with E-state index < -0.39 is 0 Å². The van der Waals surface area contributed by atoms with Crippen LogP contribution in [0.25, 0.3) is 0 Å². The lowest BCUT2D eigenvalue weighted by atomic mass is 9.95. The average molecular weight is 241 g/mol. The largest absolute Gasteiger partial charge is 0.495 e. The Morgan fingerprint density at radius 2 is 2.06 bits per heavy atom. The van der Waals surface area contributed by atoms with Crippen LogP contribution in [-0.4, -0.2) is 7.11 Å². The normalized spacial score (nSPS) is 12.5. The summed E-state index contributed by atoms with van der Waals surface area (Å²) in [5, 5.41) is 0.711. The molecule has 1 aromatic rings. The van der Waals surface area contributed by atoms with E-state index in [4.69, 9.17) is 16.3 Å². The summed E-state index contributed by atoms with van der Waals surface area (Å²) in [6.07, 6.45) is 5.11. The lowest BCUT2D eigenvalue weighted by molar-refractivity contribution is 0.414. The molecule has 1 unspecified atom stereocenters. The minimum Gasteiger partial charge on any atom is -0.495 e. The number of benzene rings is 1. The van der Waals surface area contributed by atoms with Crippen LogP contribution in [0.15, 0.2) is 18.2 Å². The second kappa shape index (κ2) is 6.80. The smallest absolute Gasteiger partial charge is 0.137 e. The number of hydrogen-bond donors (Lipinski definition) is 0. The van der Waals surface area contributed by atoms with Gasteiger partial charge < -0.3 is 4.74 Å². The first kappa shape index (κ1) is 13.4. The highest BCUT2D eigenvalue weighted by molar-refractivity contribution is 6.32. The summed E-state index contributed by atoms with van der Waals surface area (Å²) in [6.45, 7) is 4.49. The molecule has 90 valence electrons. The number of rotatable bonds is 6. The van der Waals surface area contributed by atoms with Crippen LogP contribution in [0.1, 0.15) is 51.0 Å². The molecule has 0 spiro atoms. The van der Waals surface area contributed by atoms with Crippen LogP contribution in [0.4, 0.5) is 0 Å². The average Bonchev–Trinajstić information content (AvgIpc) is 2.29. The Morgan fingerprint density at radius 1 is 1.31 bits per heavy atom. The summed E-state index contributed by atoms with van der Waals surface area (Å²) in [6, 6.07) is 6.09. The molecule has 0 N–H and O–H groups in total. The van der Waals surface area contributed by atoms with Crippen LogP contribution in [0.2, 0.25) is 5.02 Å². The molecule has 0 saturated carbocycles. The molecule has 0 saturated heterocycles. The highest BCUT2D eigenvalue weighted by Gasteiger charge is 2.08. The maximum Gasteiger partial charge on any atom is 0.137 e. The Bertz CT molecular complexity index is 323. The molecule has 2 heteroatoms. The van der Waals surface area contributed by atoms with Gasteiger partial charge in [0.15, 0.2) is 0 Å². The second-order valence-electron chi connectivity index (χ2n) is 4.29. The van der Waals surface area contributed by atoms with E-state index in [0.717, 1.165) is 5.75 Å². The molecule has 16 heavy (non-hydrogen) atoms. The van der Waals surface area contributed by atoms with Gasteiger partial charge in [-0.1, -0.05) is 50.8 Å². The van der Waals surface area contributed by atoms with Gasteiger partial charge in [-0.3, -0.25) is 0 Å². The lowest BCUT2D eigenvalue weighted by Crippen LogP contribution is -1.94. The van der Waals surface area contributed by atoms with Gasteiger partial charge in [-0.25, -0.2) is 0 Å². The van der Waals surface area contributed by atoms with Crippen LogP contribution in [0.3, 0.4) is 0 Å². The quantitative estimate of drug-likeness (QED) is 0.634. The zero-order valence-corrected chi connectivity index (χ0v) is 11.2. The highest BCUT2D eigenvalue weighted by Crippen LogP contribution is 2.30. The summed E-state index contributed by atoms with van der Waals surface area (Å²) < 4.78 is 5.15. The van der Waals surface area contributed by atoms with Crippen molar-refractivity contribution >= 4 is 11.6 Å². The first-order chi connectivity index (χ1) is 7.69. The zero-order valence-electron chi connectivity index (χ0n) is 10.4. The van der Waals surface area contributed by atoms with Gasteiger partial charge in [-0.05, 0) is 30.0 Å². The molecular formula is C14H21ClO. The minimum atomic E-state index is 0.579. The van der Waals surface area contributed by atoms with E-state index in [2.05, 4.69) is 19.9 Å². The molecule has 0 aliphatic carbocycles. The number of methoxy groups -OCH3 is 1. The van der Waals surface area contributed by atoms with E-state index in [1.165, 1.54) is 31.2 Å². The molecule has 1 nitrogen and oxygen atoms in total. The van der Waals surface area contributed by atoms with Crippen LogP contribution in [0.5, 0.6) is 5.75 Å². The second-order valence-corrected chi connectivity index (χ2v) is 4.70. The highest BCUT2D eigenvalue weighted by atomic mass is 35.5. The molecule has 0 aliphatic heterocycles. The van der Waals surface area contributed by atoms with Gasteiger partial charge in [0, 0.05) is 0 Å². The maximum absolute atomic E-state index is 6.11. The fourth-order valence-electron chi connectivity index (χ4n) is 1.86. The van der Waals surface area contributed by atoms with Crippen molar-refractivity contribution in [3.8, 4) is 5.75 Å². The molecule has 0 bridgehead atoms. The number of halogens is 1. The number of ether oxygens (including phenoxy) is 1. The predicted molar refractivity (Wildman–Crippen MR) is 70.6 cm³/mol. The van der Waals surface area contributed by atoms with Crippen molar-refractivity contribution in [2.24, 2.45) is 0 Å². The fourth-order valence-corrected chi connectivity index (χ4v) is 2.12. The summed E-state index contributed by atoms with van der Waals surface area (Å²) >= 11 is 6.11. The third kappa shape index (κ3) is 3.71. The van der Waals surface area contributed by atoms with Crippen molar-refractivity contribution in [3.63, 3.8) is 0 Å². The molecule has 0 aromatic heterocycles. The van der Waals surface area contributed by atoms with Gasteiger partial charge in [0.1, 0.15) is 5.75 Å². The first-order valence-electron chi connectivity index (χ1n) is 6.02. The van der Waals surface area contributed by atoms with Gasteiger partial charge in [0.25, 0.3) is 0 Å². The predicted octanol–water partition coefficient (Wildman–Crippen LogP) is 5.03. The molecule has 0 amide bonds. The monoisotopic (exact) mass is 240 g/mol. The Kier molecular flexibility index (Phi) is 5.68. The summed E-state index contributed by atoms with van der Waals surface area (Å²) in [5.41, 5.74) is 1.31. The summed E-state index contributed by atoms with van der Waals surface area (Å²) in [4.78, 5) is 0. The van der Waals surface area contributed by atoms with Gasteiger partial charge in [-0.2, -0.15) is 0 Å². The Labute approximate surface area is 104 Å². The third-order valence-electron chi connectivity index (χ3n) is 2.99. The maximum atomic E-state index is 6.11. The molecular weight excluding hydrogens is 220 g/mol. The Balaban J connectivity index is 2.62. The van der Waals surface area contributed by atoms with Crippen molar-refractivity contribution in [1.82, 2.24) is 0 Å². The van der Waals surface area contributed by atoms with Crippen molar-refractivity contribution in [3.05, 3.63) is 28.8 Å². The first-order valence-corrected chi connectivity index (χ1v) is 6.40. The van der Waals surface area contributed by atoms with Gasteiger partial charge in [0.05, 0.1) is 12.1 Å². The van der Waals surface area contributed by atoms with Crippen molar-refractivity contribution in [2.75, 3.05) is 7.11 Å². The summed E-state index contributed by atoms with van der Waals surface area (Å²) in [7, 11) is 1.64. The molecule has 1 aromatic carbocycles. The van der Waals surface area contributed by atoms with Crippen molar-refractivity contribution in [2.45, 2.75) is 45.4 Å². The SMILES string of the molecule is CCCCCC(C)c1ccc(OC)c(Cl)c1. The molecule has 0 radical (unpaired) electrons. The Morgan fingerprint density at radius 3 is 2.62 bits per heavy atom. The molecule has 0 heterocycles. The van der Waals surface area contributed by atoms with Crippen LogP contribution < -0.4 is 4.74 Å². The molecule has 1 rings (SSSR count). The fraction of sp³-hybridized carbons (Fsp3) is 0.571. The van der Waals surface area contributed by atoms with Crippen LogP contribution >= 0.6 is 11.6 Å². The molecule has 0 fully saturated rings. The van der Waals surface area contributed by atoms with E-state index in [1.54, 1.807) is 7.11 Å². The number of unbranched alkanes of at least 4 members (excludes halogenated alkanes) is 2. The van der Waals surface area contributed by atoms with Gasteiger partial charge in [0.2, 0.25) is 0 Å². The zero-order chi connectivity index (χ0) is 12.0. The van der Waals surface area contributed by atoms with Crippen molar-refractivity contribution < 1.29 is 4.74 Å². The third-order valence-corrected chi connectivity index (χ3v) is 3.28. The van der Waals surface area contributed by atoms with Crippen molar-refractivity contribution in [1.29, 1.82) is 0 Å². The summed E-state index contributed by atoms with van der Waals surface area (Å²) in [5.74, 6) is 1.33. The Hall–Kier alpha value is -0.690. The minimum absolute atomic E-state index is 0.579.